The molecular weight excluding hydrogens is 172 g/mol. The molecule has 2 heteroatoms. The van der Waals surface area contributed by atoms with Gasteiger partial charge < -0.3 is 10.2 Å². The maximum atomic E-state index is 3.81. The van der Waals surface area contributed by atoms with Crippen LogP contribution in [0.25, 0.3) is 0 Å². The van der Waals surface area contributed by atoms with Gasteiger partial charge in [0.1, 0.15) is 0 Å². The van der Waals surface area contributed by atoms with Crippen LogP contribution in [0.3, 0.4) is 0 Å². The fraction of sp³-hybridized carbons (Fsp3) is 1.00. The van der Waals surface area contributed by atoms with E-state index in [-0.39, 0.29) is 0 Å². The van der Waals surface area contributed by atoms with Crippen molar-refractivity contribution < 1.29 is 0 Å². The Bertz CT molecular complexity index is 141. The van der Waals surface area contributed by atoms with Gasteiger partial charge in [-0.25, -0.2) is 0 Å². The molecule has 1 aliphatic rings. The normalized spacial score (nSPS) is 23.6. The summed E-state index contributed by atoms with van der Waals surface area (Å²) in [6.07, 6.45) is 6.63. The van der Waals surface area contributed by atoms with Crippen LogP contribution >= 0.6 is 0 Å². The number of hydrogen-bond donors (Lipinski definition) is 1. The molecule has 1 atom stereocenters. The quantitative estimate of drug-likeness (QED) is 0.704. The fourth-order valence-electron chi connectivity index (χ4n) is 2.41. The zero-order valence-corrected chi connectivity index (χ0v) is 10.1. The highest BCUT2D eigenvalue weighted by molar-refractivity contribution is 4.82. The van der Waals surface area contributed by atoms with E-state index in [1.807, 2.05) is 0 Å². The number of rotatable bonds is 6. The molecule has 0 aromatic heterocycles. The van der Waals surface area contributed by atoms with Gasteiger partial charge in [-0.1, -0.05) is 26.7 Å². The third kappa shape index (κ3) is 3.97. The van der Waals surface area contributed by atoms with Crippen LogP contribution in [0.5, 0.6) is 0 Å². The largest absolute Gasteiger partial charge is 0.310 e. The van der Waals surface area contributed by atoms with E-state index in [0.717, 1.165) is 12.1 Å². The average molecular weight is 198 g/mol. The van der Waals surface area contributed by atoms with Crippen LogP contribution in [0, 0.1) is 0 Å². The topological polar surface area (TPSA) is 15.3 Å². The van der Waals surface area contributed by atoms with E-state index in [9.17, 15) is 0 Å². The minimum atomic E-state index is 0.753. The molecule has 14 heavy (non-hydrogen) atoms. The molecule has 1 N–H and O–H groups in total. The summed E-state index contributed by atoms with van der Waals surface area (Å²) in [5.74, 6) is 0. The third-order valence-corrected chi connectivity index (χ3v) is 3.14. The van der Waals surface area contributed by atoms with Crippen molar-refractivity contribution in [3.63, 3.8) is 0 Å². The van der Waals surface area contributed by atoms with Gasteiger partial charge in [0, 0.05) is 18.6 Å². The van der Waals surface area contributed by atoms with E-state index in [1.54, 1.807) is 0 Å². The van der Waals surface area contributed by atoms with Gasteiger partial charge in [0.25, 0.3) is 0 Å². The molecule has 84 valence electrons. The number of nitrogens with one attached hydrogen (secondary N) is 1. The maximum Gasteiger partial charge on any atom is 0.0209 e. The van der Waals surface area contributed by atoms with Crippen molar-refractivity contribution in [2.75, 3.05) is 20.1 Å². The van der Waals surface area contributed by atoms with E-state index in [0.29, 0.717) is 0 Å². The predicted molar refractivity (Wildman–Crippen MR) is 62.6 cm³/mol. The van der Waals surface area contributed by atoms with Gasteiger partial charge in [0.15, 0.2) is 0 Å². The molecular formula is C12H26N2. The van der Waals surface area contributed by atoms with Crippen LogP contribution < -0.4 is 5.32 Å². The predicted octanol–water partition coefficient (Wildman–Crippen LogP) is 2.25. The summed E-state index contributed by atoms with van der Waals surface area (Å²) in [5.41, 5.74) is 0. The molecule has 0 bridgehead atoms. The highest BCUT2D eigenvalue weighted by Crippen LogP contribution is 2.11. The summed E-state index contributed by atoms with van der Waals surface area (Å²) in [7, 11) is 2.22. The fourth-order valence-corrected chi connectivity index (χ4v) is 2.41. The van der Waals surface area contributed by atoms with Crippen LogP contribution in [0.4, 0.5) is 0 Å². The Balaban J connectivity index is 2.24. The first-order valence-electron chi connectivity index (χ1n) is 6.20. The molecule has 1 saturated heterocycles. The van der Waals surface area contributed by atoms with Gasteiger partial charge >= 0.3 is 0 Å². The van der Waals surface area contributed by atoms with Crippen molar-refractivity contribution in [3.05, 3.63) is 0 Å². The Kier molecular flexibility index (Phi) is 5.49. The average Bonchev–Trinajstić information content (AvgIpc) is 2.52. The number of hydrogen-bond acceptors (Lipinski definition) is 2. The van der Waals surface area contributed by atoms with Crippen molar-refractivity contribution in [2.24, 2.45) is 0 Å². The Labute approximate surface area is 89.1 Å². The van der Waals surface area contributed by atoms with Gasteiger partial charge in [-0.2, -0.15) is 0 Å². The summed E-state index contributed by atoms with van der Waals surface area (Å²) >= 11 is 0. The lowest BCUT2D eigenvalue weighted by Gasteiger charge is -2.22. The van der Waals surface area contributed by atoms with Gasteiger partial charge in [0.2, 0.25) is 0 Å². The molecule has 0 spiro atoms. The summed E-state index contributed by atoms with van der Waals surface area (Å²) in [6.45, 7) is 7.07. The highest BCUT2D eigenvalue weighted by atomic mass is 15.2. The van der Waals surface area contributed by atoms with Crippen molar-refractivity contribution >= 4 is 0 Å². The molecule has 0 radical (unpaired) electrons. The molecule has 0 aromatic rings. The molecule has 1 fully saturated rings. The minimum Gasteiger partial charge on any atom is -0.310 e. The summed E-state index contributed by atoms with van der Waals surface area (Å²) in [5, 5.41) is 3.81. The Morgan fingerprint density at radius 2 is 1.93 bits per heavy atom. The summed E-state index contributed by atoms with van der Waals surface area (Å²) < 4.78 is 0. The first-order chi connectivity index (χ1) is 6.76. The molecule has 2 nitrogen and oxygen atoms in total. The number of likely N-dealkylation sites (tertiary alicyclic amines) is 1. The SMILES string of the molecule is CCCC(CCC)N[C@H]1CCN(C)C1. The van der Waals surface area contributed by atoms with Crippen molar-refractivity contribution in [1.82, 2.24) is 10.2 Å². The minimum absolute atomic E-state index is 0.753. The smallest absolute Gasteiger partial charge is 0.0209 e. The summed E-state index contributed by atoms with van der Waals surface area (Å²) in [6, 6.07) is 1.52. The van der Waals surface area contributed by atoms with Crippen molar-refractivity contribution in [1.29, 1.82) is 0 Å². The second-order valence-corrected chi connectivity index (χ2v) is 4.69. The molecule has 1 aliphatic heterocycles. The van der Waals surface area contributed by atoms with Crippen molar-refractivity contribution in [3.8, 4) is 0 Å². The lowest BCUT2D eigenvalue weighted by Crippen LogP contribution is -2.39. The van der Waals surface area contributed by atoms with Crippen LogP contribution in [0.2, 0.25) is 0 Å². The molecule has 1 heterocycles. The van der Waals surface area contributed by atoms with Crippen LogP contribution in [-0.2, 0) is 0 Å². The first kappa shape index (κ1) is 12.0. The Morgan fingerprint density at radius 1 is 1.29 bits per heavy atom. The van der Waals surface area contributed by atoms with Crippen molar-refractivity contribution in [2.45, 2.75) is 58.0 Å². The van der Waals surface area contributed by atoms with E-state index >= 15 is 0 Å². The number of likely N-dealkylation sites (N-methyl/N-ethyl adjacent to an activating group) is 1. The molecule has 0 unspecified atom stereocenters. The zero-order valence-electron chi connectivity index (χ0n) is 10.1. The van der Waals surface area contributed by atoms with Gasteiger partial charge in [-0.05, 0) is 32.9 Å². The van der Waals surface area contributed by atoms with Crippen LogP contribution in [-0.4, -0.2) is 37.1 Å². The molecule has 0 aliphatic carbocycles. The second kappa shape index (κ2) is 6.41. The van der Waals surface area contributed by atoms with E-state index < -0.39 is 0 Å². The van der Waals surface area contributed by atoms with Crippen LogP contribution in [0.15, 0.2) is 0 Å². The first-order valence-corrected chi connectivity index (χ1v) is 6.20. The molecule has 1 rings (SSSR count). The standard InChI is InChI=1S/C12H26N2/c1-4-6-11(7-5-2)13-12-8-9-14(3)10-12/h11-13H,4-10H2,1-3H3/t12-/m0/s1. The lowest BCUT2D eigenvalue weighted by atomic mass is 10.1. The van der Waals surface area contributed by atoms with E-state index in [1.165, 1.54) is 45.2 Å². The molecule has 0 aromatic carbocycles. The van der Waals surface area contributed by atoms with Gasteiger partial charge in [0.05, 0.1) is 0 Å². The Hall–Kier alpha value is -0.0800. The second-order valence-electron chi connectivity index (χ2n) is 4.69. The van der Waals surface area contributed by atoms with E-state index in [4.69, 9.17) is 0 Å². The van der Waals surface area contributed by atoms with E-state index in [2.05, 4.69) is 31.1 Å². The molecule has 0 saturated carbocycles. The number of nitrogens with zero attached hydrogens (tertiary/aromatic N) is 1. The monoisotopic (exact) mass is 198 g/mol. The Morgan fingerprint density at radius 3 is 2.36 bits per heavy atom. The zero-order chi connectivity index (χ0) is 10.4. The summed E-state index contributed by atoms with van der Waals surface area (Å²) in [4.78, 5) is 2.42. The van der Waals surface area contributed by atoms with Gasteiger partial charge in [-0.3, -0.25) is 0 Å². The highest BCUT2D eigenvalue weighted by Gasteiger charge is 2.21. The van der Waals surface area contributed by atoms with Gasteiger partial charge in [-0.15, -0.1) is 0 Å². The lowest BCUT2D eigenvalue weighted by molar-refractivity contribution is 0.361. The maximum absolute atomic E-state index is 3.81. The molecule has 0 amide bonds. The third-order valence-electron chi connectivity index (χ3n) is 3.14. The van der Waals surface area contributed by atoms with Crippen LogP contribution in [0.1, 0.15) is 46.0 Å².